The second-order valence-corrected chi connectivity index (χ2v) is 5.00. The minimum absolute atomic E-state index is 0.237. The van der Waals surface area contributed by atoms with Gasteiger partial charge in [-0.1, -0.05) is 33.6 Å². The predicted molar refractivity (Wildman–Crippen MR) is 70.8 cm³/mol. The van der Waals surface area contributed by atoms with Gasteiger partial charge in [-0.05, 0) is 33.0 Å². The van der Waals surface area contributed by atoms with Crippen molar-refractivity contribution in [3.63, 3.8) is 0 Å². The molecule has 0 aliphatic carbocycles. The van der Waals surface area contributed by atoms with Crippen molar-refractivity contribution in [1.29, 1.82) is 0 Å². The zero-order valence-corrected chi connectivity index (χ0v) is 11.5. The van der Waals surface area contributed by atoms with E-state index in [1.54, 1.807) is 0 Å². The number of nitrogens with zero attached hydrogens (tertiary/aromatic N) is 1. The Kier molecular flexibility index (Phi) is 9.99. The van der Waals surface area contributed by atoms with Crippen LogP contribution in [0.3, 0.4) is 0 Å². The fraction of sp³-hybridized carbons (Fsp3) is 1.00. The lowest BCUT2D eigenvalue weighted by molar-refractivity contribution is 0.210. The van der Waals surface area contributed by atoms with Crippen LogP contribution in [0.2, 0.25) is 0 Å². The van der Waals surface area contributed by atoms with Gasteiger partial charge in [0.25, 0.3) is 0 Å². The topological polar surface area (TPSA) is 35.5 Å². The van der Waals surface area contributed by atoms with Crippen LogP contribution in [0.4, 0.5) is 0 Å². The number of aliphatic hydroxyl groups is 1. The summed E-state index contributed by atoms with van der Waals surface area (Å²) in [5.41, 5.74) is 0. The Morgan fingerprint density at radius 1 is 1.19 bits per heavy atom. The van der Waals surface area contributed by atoms with Gasteiger partial charge in [-0.2, -0.15) is 0 Å². The maximum atomic E-state index is 9.22. The van der Waals surface area contributed by atoms with Gasteiger partial charge in [-0.3, -0.25) is 0 Å². The lowest BCUT2D eigenvalue weighted by atomic mass is 10.2. The predicted octanol–water partition coefficient (Wildman–Crippen LogP) is 1.86. The zero-order valence-electron chi connectivity index (χ0n) is 11.5. The molecule has 0 amide bonds. The number of hydrogen-bond acceptors (Lipinski definition) is 3. The van der Waals surface area contributed by atoms with E-state index in [-0.39, 0.29) is 12.6 Å². The van der Waals surface area contributed by atoms with Crippen LogP contribution >= 0.6 is 0 Å². The summed E-state index contributed by atoms with van der Waals surface area (Å²) in [7, 11) is 2.17. The first-order valence-electron chi connectivity index (χ1n) is 6.65. The number of unbranched alkanes of at least 4 members (excludes halogenated alkanes) is 2. The monoisotopic (exact) mass is 230 g/mol. The van der Waals surface area contributed by atoms with E-state index < -0.39 is 0 Å². The van der Waals surface area contributed by atoms with E-state index in [0.717, 1.165) is 13.0 Å². The Morgan fingerprint density at radius 3 is 2.38 bits per heavy atom. The van der Waals surface area contributed by atoms with E-state index in [9.17, 15) is 5.11 Å². The molecule has 98 valence electrons. The lowest BCUT2D eigenvalue weighted by Crippen LogP contribution is -2.39. The van der Waals surface area contributed by atoms with Crippen molar-refractivity contribution in [3.05, 3.63) is 0 Å². The largest absolute Gasteiger partial charge is 0.395 e. The van der Waals surface area contributed by atoms with Crippen molar-refractivity contribution in [2.24, 2.45) is 0 Å². The third-order valence-electron chi connectivity index (χ3n) is 2.79. The van der Waals surface area contributed by atoms with Crippen molar-refractivity contribution in [2.45, 2.75) is 58.5 Å². The van der Waals surface area contributed by atoms with E-state index in [1.807, 2.05) is 0 Å². The molecular weight excluding hydrogens is 200 g/mol. The Balaban J connectivity index is 3.58. The third-order valence-corrected chi connectivity index (χ3v) is 2.79. The van der Waals surface area contributed by atoms with Crippen LogP contribution in [-0.4, -0.2) is 48.8 Å². The molecule has 3 heteroatoms. The van der Waals surface area contributed by atoms with Gasteiger partial charge in [-0.25, -0.2) is 0 Å². The molecule has 0 radical (unpaired) electrons. The molecule has 0 rings (SSSR count). The van der Waals surface area contributed by atoms with Crippen LogP contribution in [0.5, 0.6) is 0 Å². The highest BCUT2D eigenvalue weighted by Crippen LogP contribution is 2.00. The highest BCUT2D eigenvalue weighted by molar-refractivity contribution is 4.69. The highest BCUT2D eigenvalue weighted by Gasteiger charge is 2.09. The van der Waals surface area contributed by atoms with Crippen molar-refractivity contribution < 1.29 is 5.11 Å². The van der Waals surface area contributed by atoms with Crippen LogP contribution in [0, 0.1) is 0 Å². The maximum Gasteiger partial charge on any atom is 0.0585 e. The molecule has 0 aliphatic heterocycles. The first-order valence-corrected chi connectivity index (χ1v) is 6.65. The van der Waals surface area contributed by atoms with E-state index in [0.29, 0.717) is 6.04 Å². The van der Waals surface area contributed by atoms with Gasteiger partial charge in [-0.15, -0.1) is 0 Å². The number of hydrogen-bond donors (Lipinski definition) is 2. The Bertz CT molecular complexity index is 151. The molecule has 0 saturated heterocycles. The van der Waals surface area contributed by atoms with E-state index in [1.165, 1.54) is 25.8 Å². The molecule has 0 heterocycles. The second-order valence-electron chi connectivity index (χ2n) is 5.00. The van der Waals surface area contributed by atoms with Gasteiger partial charge in [0, 0.05) is 12.1 Å². The summed E-state index contributed by atoms with van der Waals surface area (Å²) in [6, 6.07) is 0.691. The Hall–Kier alpha value is -0.120. The molecule has 0 bridgehead atoms. The van der Waals surface area contributed by atoms with Crippen molar-refractivity contribution in [1.82, 2.24) is 10.2 Å². The SMILES string of the molecule is CCCCCN(C)CCC(CO)NC(C)C. The summed E-state index contributed by atoms with van der Waals surface area (Å²) in [6.45, 7) is 8.94. The van der Waals surface area contributed by atoms with Gasteiger partial charge in [0.2, 0.25) is 0 Å². The molecule has 1 atom stereocenters. The first-order chi connectivity index (χ1) is 7.60. The van der Waals surface area contributed by atoms with Crippen LogP contribution in [0.1, 0.15) is 46.5 Å². The average molecular weight is 230 g/mol. The van der Waals surface area contributed by atoms with Gasteiger partial charge in [0.15, 0.2) is 0 Å². The fourth-order valence-corrected chi connectivity index (χ4v) is 1.82. The van der Waals surface area contributed by atoms with Crippen LogP contribution in [0.25, 0.3) is 0 Å². The van der Waals surface area contributed by atoms with E-state index in [2.05, 4.69) is 38.0 Å². The molecule has 3 nitrogen and oxygen atoms in total. The third kappa shape index (κ3) is 9.13. The number of rotatable bonds is 10. The maximum absolute atomic E-state index is 9.22. The van der Waals surface area contributed by atoms with Crippen LogP contribution < -0.4 is 5.32 Å². The van der Waals surface area contributed by atoms with Gasteiger partial charge < -0.3 is 15.3 Å². The molecule has 0 aromatic rings. The minimum atomic E-state index is 0.237. The van der Waals surface area contributed by atoms with E-state index in [4.69, 9.17) is 0 Å². The average Bonchev–Trinajstić information content (AvgIpc) is 2.24. The molecule has 0 fully saturated rings. The molecule has 1 unspecified atom stereocenters. The fourth-order valence-electron chi connectivity index (χ4n) is 1.82. The molecule has 0 aromatic carbocycles. The molecule has 16 heavy (non-hydrogen) atoms. The quantitative estimate of drug-likeness (QED) is 0.562. The summed E-state index contributed by atoms with van der Waals surface area (Å²) >= 11 is 0. The Morgan fingerprint density at radius 2 is 1.88 bits per heavy atom. The molecule has 0 aromatic heterocycles. The molecule has 0 spiro atoms. The van der Waals surface area contributed by atoms with Crippen LogP contribution in [0.15, 0.2) is 0 Å². The van der Waals surface area contributed by atoms with Crippen molar-refractivity contribution in [2.75, 3.05) is 26.7 Å². The normalized spacial score (nSPS) is 13.7. The number of nitrogens with one attached hydrogen (secondary N) is 1. The van der Waals surface area contributed by atoms with Gasteiger partial charge >= 0.3 is 0 Å². The summed E-state index contributed by atoms with van der Waals surface area (Å²) in [5, 5.41) is 12.6. The highest BCUT2D eigenvalue weighted by atomic mass is 16.3. The van der Waals surface area contributed by atoms with Crippen molar-refractivity contribution >= 4 is 0 Å². The van der Waals surface area contributed by atoms with Gasteiger partial charge in [0.1, 0.15) is 0 Å². The first kappa shape index (κ1) is 15.9. The summed E-state index contributed by atoms with van der Waals surface area (Å²) < 4.78 is 0. The minimum Gasteiger partial charge on any atom is -0.395 e. The van der Waals surface area contributed by atoms with Gasteiger partial charge in [0.05, 0.1) is 6.61 Å². The summed E-state index contributed by atoms with van der Waals surface area (Å²) in [5.74, 6) is 0. The van der Waals surface area contributed by atoms with E-state index >= 15 is 0 Å². The Labute approximate surface area is 101 Å². The van der Waals surface area contributed by atoms with Crippen LogP contribution in [-0.2, 0) is 0 Å². The second kappa shape index (κ2) is 10.1. The number of aliphatic hydroxyl groups excluding tert-OH is 1. The summed E-state index contributed by atoms with van der Waals surface area (Å²) in [4.78, 5) is 2.36. The zero-order chi connectivity index (χ0) is 12.4. The smallest absolute Gasteiger partial charge is 0.0585 e. The lowest BCUT2D eigenvalue weighted by Gasteiger charge is -2.22. The summed E-state index contributed by atoms with van der Waals surface area (Å²) in [6.07, 6.45) is 4.91. The molecule has 0 saturated carbocycles. The molecule has 2 N–H and O–H groups in total. The molecular formula is C13H30N2O. The standard InChI is InChI=1S/C13H30N2O/c1-5-6-7-9-15(4)10-8-13(11-16)14-12(2)3/h12-14,16H,5-11H2,1-4H3. The molecule has 0 aliphatic rings. The van der Waals surface area contributed by atoms with Crippen molar-refractivity contribution in [3.8, 4) is 0 Å².